The number of carbonyl (C=O) groups is 1. The largest absolute Gasteiger partial charge is 0.490 e. The van der Waals surface area contributed by atoms with Crippen molar-refractivity contribution in [2.75, 3.05) is 7.11 Å². The van der Waals surface area contributed by atoms with Crippen LogP contribution in [-0.4, -0.2) is 19.2 Å². The van der Waals surface area contributed by atoms with Gasteiger partial charge in [0.15, 0.2) is 0 Å². The van der Waals surface area contributed by atoms with Crippen LogP contribution < -0.4 is 4.74 Å². The van der Waals surface area contributed by atoms with Gasteiger partial charge in [0.2, 0.25) is 0 Å². The fraction of sp³-hybridized carbons (Fsp3) is 0.694. The summed E-state index contributed by atoms with van der Waals surface area (Å²) in [5.74, 6) is 4.99. The highest BCUT2D eigenvalue weighted by molar-refractivity contribution is 5.84. The van der Waals surface area contributed by atoms with Crippen LogP contribution in [0.5, 0.6) is 5.75 Å². The van der Waals surface area contributed by atoms with Crippen LogP contribution >= 0.6 is 0 Å². The van der Waals surface area contributed by atoms with Gasteiger partial charge in [-0.15, -0.1) is 0 Å². The number of rotatable bonds is 7. The number of hydrogen-bond donors (Lipinski definition) is 0. The standard InChI is InChI=1S/C36H52O3/c1-24(26-11-12-29(21-26)27-7-6-8-31(22-27)35(37)38-5)19-25-9-10-30-23-34(16-13-28(30)20-25)39-33-17-14-32(15-18-33)36(2,3)4/h9-10,13,16,20,23-24,26-27,29,31-33H,6-8,11-12,14-15,17-19,21-22H2,1-5H3. The van der Waals surface area contributed by atoms with Gasteiger partial charge in [-0.25, -0.2) is 0 Å². The van der Waals surface area contributed by atoms with Crippen molar-refractivity contribution in [1.82, 2.24) is 0 Å². The van der Waals surface area contributed by atoms with Crippen molar-refractivity contribution in [2.45, 2.75) is 111 Å². The second-order valence-corrected chi connectivity index (χ2v) is 14.5. The second kappa shape index (κ2) is 12.2. The molecule has 0 N–H and O–H groups in total. The molecule has 3 heteroatoms. The predicted molar refractivity (Wildman–Crippen MR) is 161 cm³/mol. The van der Waals surface area contributed by atoms with E-state index >= 15 is 0 Å². The summed E-state index contributed by atoms with van der Waals surface area (Å²) in [6.07, 6.45) is 15.0. The van der Waals surface area contributed by atoms with E-state index in [2.05, 4.69) is 64.1 Å². The molecule has 3 aliphatic rings. The number of benzene rings is 2. The Labute approximate surface area is 237 Å². The number of hydrogen-bond acceptors (Lipinski definition) is 3. The third-order valence-electron chi connectivity index (χ3n) is 10.9. The van der Waals surface area contributed by atoms with Crippen molar-refractivity contribution >= 4 is 16.7 Å². The summed E-state index contributed by atoms with van der Waals surface area (Å²) < 4.78 is 11.5. The monoisotopic (exact) mass is 532 g/mol. The highest BCUT2D eigenvalue weighted by atomic mass is 16.5. The fourth-order valence-corrected chi connectivity index (χ4v) is 8.29. The van der Waals surface area contributed by atoms with Crippen LogP contribution in [0.1, 0.15) is 104 Å². The molecule has 0 radical (unpaired) electrons. The van der Waals surface area contributed by atoms with E-state index < -0.39 is 0 Å². The zero-order valence-corrected chi connectivity index (χ0v) is 25.2. The van der Waals surface area contributed by atoms with Crippen LogP contribution in [-0.2, 0) is 16.0 Å². The maximum atomic E-state index is 12.1. The molecule has 0 amide bonds. The minimum atomic E-state index is 0.0147. The SMILES string of the molecule is COC(=O)C1CCCC(C2CCC(C(C)Cc3ccc4cc(OC5CCC(C(C)(C)C)CC5)ccc4c3)C2)C1. The summed E-state index contributed by atoms with van der Waals surface area (Å²) in [7, 11) is 1.54. The molecule has 5 rings (SSSR count). The molecule has 214 valence electrons. The lowest BCUT2D eigenvalue weighted by molar-refractivity contribution is -0.147. The quantitative estimate of drug-likeness (QED) is 0.333. The zero-order valence-electron chi connectivity index (χ0n) is 25.2. The summed E-state index contributed by atoms with van der Waals surface area (Å²) in [5.41, 5.74) is 1.86. The lowest BCUT2D eigenvalue weighted by atomic mass is 9.72. The summed E-state index contributed by atoms with van der Waals surface area (Å²) in [6.45, 7) is 9.59. The van der Waals surface area contributed by atoms with E-state index in [0.29, 0.717) is 23.4 Å². The highest BCUT2D eigenvalue weighted by Gasteiger charge is 2.37. The number of carbonyl (C=O) groups excluding carboxylic acids is 1. The molecule has 0 saturated heterocycles. The van der Waals surface area contributed by atoms with Gasteiger partial charge in [0, 0.05) is 0 Å². The molecule has 3 aliphatic carbocycles. The molecule has 3 fully saturated rings. The normalized spacial score (nSPS) is 30.7. The number of ether oxygens (including phenoxy) is 2. The van der Waals surface area contributed by atoms with Gasteiger partial charge in [-0.1, -0.05) is 64.8 Å². The van der Waals surface area contributed by atoms with Gasteiger partial charge in [-0.05, 0) is 128 Å². The summed E-state index contributed by atoms with van der Waals surface area (Å²) in [6, 6.07) is 13.7. The lowest BCUT2D eigenvalue weighted by Crippen LogP contribution is -2.30. The minimum absolute atomic E-state index is 0.0147. The van der Waals surface area contributed by atoms with Crippen LogP contribution in [0.2, 0.25) is 0 Å². The Morgan fingerprint density at radius 2 is 1.59 bits per heavy atom. The van der Waals surface area contributed by atoms with Gasteiger partial charge in [-0.2, -0.15) is 0 Å². The molecule has 0 heterocycles. The minimum Gasteiger partial charge on any atom is -0.490 e. The molecule has 3 nitrogen and oxygen atoms in total. The third kappa shape index (κ3) is 7.01. The second-order valence-electron chi connectivity index (χ2n) is 14.5. The summed E-state index contributed by atoms with van der Waals surface area (Å²) in [4.78, 5) is 12.1. The van der Waals surface area contributed by atoms with Gasteiger partial charge < -0.3 is 9.47 Å². The van der Waals surface area contributed by atoms with Gasteiger partial charge in [0.1, 0.15) is 5.75 Å². The van der Waals surface area contributed by atoms with Crippen LogP contribution in [0, 0.1) is 40.9 Å². The Balaban J connectivity index is 1.13. The van der Waals surface area contributed by atoms with E-state index in [1.165, 1.54) is 81.2 Å². The third-order valence-corrected chi connectivity index (χ3v) is 10.9. The van der Waals surface area contributed by atoms with Crippen molar-refractivity contribution in [1.29, 1.82) is 0 Å². The number of methoxy groups -OCH3 is 1. The number of esters is 1. The summed E-state index contributed by atoms with van der Waals surface area (Å²) >= 11 is 0. The van der Waals surface area contributed by atoms with E-state index in [-0.39, 0.29) is 11.9 Å². The van der Waals surface area contributed by atoms with E-state index in [9.17, 15) is 4.79 Å². The first kappa shape index (κ1) is 28.5. The molecule has 0 bridgehead atoms. The van der Waals surface area contributed by atoms with Crippen LogP contribution in [0.3, 0.4) is 0 Å². The summed E-state index contributed by atoms with van der Waals surface area (Å²) in [5, 5.41) is 2.61. The average molecular weight is 533 g/mol. The molecule has 39 heavy (non-hydrogen) atoms. The maximum Gasteiger partial charge on any atom is 0.308 e. The van der Waals surface area contributed by atoms with Gasteiger partial charge >= 0.3 is 5.97 Å². The molecule has 5 unspecified atom stereocenters. The Morgan fingerprint density at radius 1 is 0.872 bits per heavy atom. The average Bonchev–Trinajstić information content (AvgIpc) is 3.43. The smallest absolute Gasteiger partial charge is 0.308 e. The van der Waals surface area contributed by atoms with Crippen LogP contribution in [0.4, 0.5) is 0 Å². The Morgan fingerprint density at radius 3 is 2.33 bits per heavy atom. The first-order chi connectivity index (χ1) is 18.7. The Kier molecular flexibility index (Phi) is 8.94. The lowest BCUT2D eigenvalue weighted by Gasteiger charge is -2.37. The molecule has 0 aliphatic heterocycles. The van der Waals surface area contributed by atoms with Gasteiger partial charge in [0.25, 0.3) is 0 Å². The number of fused-ring (bicyclic) bond motifs is 1. The molecule has 3 saturated carbocycles. The Hall–Kier alpha value is -2.03. The van der Waals surface area contributed by atoms with Crippen LogP contribution in [0.15, 0.2) is 36.4 Å². The van der Waals surface area contributed by atoms with Crippen molar-refractivity contribution in [3.8, 4) is 5.75 Å². The van der Waals surface area contributed by atoms with E-state index in [0.717, 1.165) is 42.8 Å². The molecule has 0 spiro atoms. The van der Waals surface area contributed by atoms with E-state index in [1.54, 1.807) is 0 Å². The molecule has 2 aromatic rings. The first-order valence-corrected chi connectivity index (χ1v) is 16.0. The van der Waals surface area contributed by atoms with Crippen LogP contribution in [0.25, 0.3) is 10.8 Å². The molecule has 5 atom stereocenters. The molecular weight excluding hydrogens is 480 g/mol. The Bertz CT molecular complexity index is 1110. The van der Waals surface area contributed by atoms with Gasteiger partial charge in [0.05, 0.1) is 19.1 Å². The van der Waals surface area contributed by atoms with Crippen molar-refractivity contribution in [2.24, 2.45) is 40.9 Å². The topological polar surface area (TPSA) is 35.5 Å². The van der Waals surface area contributed by atoms with E-state index in [4.69, 9.17) is 9.47 Å². The van der Waals surface area contributed by atoms with E-state index in [1.807, 2.05) is 0 Å². The van der Waals surface area contributed by atoms with Crippen molar-refractivity contribution in [3.05, 3.63) is 42.0 Å². The zero-order chi connectivity index (χ0) is 27.6. The molecule has 2 aromatic carbocycles. The van der Waals surface area contributed by atoms with Gasteiger partial charge in [-0.3, -0.25) is 4.79 Å². The first-order valence-electron chi connectivity index (χ1n) is 16.0. The van der Waals surface area contributed by atoms with Crippen molar-refractivity contribution in [3.63, 3.8) is 0 Å². The molecule has 0 aromatic heterocycles. The maximum absolute atomic E-state index is 12.1. The fourth-order valence-electron chi connectivity index (χ4n) is 8.29. The molecular formula is C36H52O3. The predicted octanol–water partition coefficient (Wildman–Crippen LogP) is 9.40. The highest BCUT2D eigenvalue weighted by Crippen LogP contribution is 2.46. The van der Waals surface area contributed by atoms with Crippen molar-refractivity contribution < 1.29 is 14.3 Å².